The molecule has 0 atom stereocenters. The van der Waals surface area contributed by atoms with Crippen molar-refractivity contribution >= 4 is 33.3 Å². The van der Waals surface area contributed by atoms with E-state index >= 15 is 0 Å². The van der Waals surface area contributed by atoms with Crippen LogP contribution in [0.15, 0.2) is 99.5 Å². The molecule has 0 unspecified atom stereocenters. The Morgan fingerprint density at radius 2 is 1.52 bits per heavy atom. The van der Waals surface area contributed by atoms with E-state index in [0.717, 1.165) is 22.4 Å². The van der Waals surface area contributed by atoms with Gasteiger partial charge in [-0.15, -0.1) is 11.3 Å². The number of hydrogen-bond donors (Lipinski definition) is 1. The molecule has 1 N–H and O–H groups in total. The Morgan fingerprint density at radius 3 is 2.32 bits per heavy atom. The molecular weight excluding hydrogens is 408 g/mol. The van der Waals surface area contributed by atoms with Crippen LogP contribution in [0.3, 0.4) is 0 Å². The predicted molar refractivity (Wildman–Crippen MR) is 123 cm³/mol. The molecule has 0 bridgehead atoms. The van der Waals surface area contributed by atoms with E-state index in [4.69, 9.17) is 4.42 Å². The van der Waals surface area contributed by atoms with E-state index in [-0.39, 0.29) is 11.2 Å². The molecule has 0 radical (unpaired) electrons. The molecule has 0 fully saturated rings. The van der Waals surface area contributed by atoms with Gasteiger partial charge in [-0.3, -0.25) is 14.9 Å². The maximum absolute atomic E-state index is 12.6. The molecule has 31 heavy (non-hydrogen) atoms. The number of carbonyl (C=O) groups is 1. The summed E-state index contributed by atoms with van der Waals surface area (Å²) in [5, 5.41) is 5.46. The van der Waals surface area contributed by atoms with Gasteiger partial charge in [0, 0.05) is 17.0 Å². The SMILES string of the molecule is O=C(Nc1nc(-c2ccc(-c3ccccc3)cc2)cs1)c1cc(=O)c2ccccc2o1. The summed E-state index contributed by atoms with van der Waals surface area (Å²) in [4.78, 5) is 29.3. The predicted octanol–water partition coefficient (Wildman–Crippen LogP) is 5.84. The maximum atomic E-state index is 12.6. The summed E-state index contributed by atoms with van der Waals surface area (Å²) in [7, 11) is 0. The largest absolute Gasteiger partial charge is 0.451 e. The molecule has 3 aromatic carbocycles. The van der Waals surface area contributed by atoms with Crippen molar-refractivity contribution < 1.29 is 9.21 Å². The monoisotopic (exact) mass is 424 g/mol. The summed E-state index contributed by atoms with van der Waals surface area (Å²) in [6, 6.07) is 26.3. The van der Waals surface area contributed by atoms with Gasteiger partial charge in [-0.25, -0.2) is 4.98 Å². The summed E-state index contributed by atoms with van der Waals surface area (Å²) in [5.41, 5.74) is 4.11. The Balaban J connectivity index is 1.35. The van der Waals surface area contributed by atoms with E-state index in [1.807, 2.05) is 47.8 Å². The fraction of sp³-hybridized carbons (Fsp3) is 0. The number of amides is 1. The second-order valence-electron chi connectivity index (χ2n) is 6.91. The summed E-state index contributed by atoms with van der Waals surface area (Å²) >= 11 is 1.31. The minimum atomic E-state index is -0.511. The van der Waals surface area contributed by atoms with Crippen LogP contribution in [0.1, 0.15) is 10.6 Å². The average molecular weight is 424 g/mol. The molecule has 150 valence electrons. The Kier molecular flexibility index (Phi) is 4.90. The van der Waals surface area contributed by atoms with Crippen LogP contribution >= 0.6 is 11.3 Å². The Bertz CT molecular complexity index is 1440. The number of carbonyl (C=O) groups excluding carboxylic acids is 1. The molecule has 2 heterocycles. The van der Waals surface area contributed by atoms with E-state index in [1.54, 1.807) is 24.3 Å². The lowest BCUT2D eigenvalue weighted by atomic mass is 10.0. The first kappa shape index (κ1) is 19.0. The highest BCUT2D eigenvalue weighted by atomic mass is 32.1. The number of fused-ring (bicyclic) bond motifs is 1. The van der Waals surface area contributed by atoms with Gasteiger partial charge >= 0.3 is 0 Å². The van der Waals surface area contributed by atoms with Crippen molar-refractivity contribution in [1.29, 1.82) is 0 Å². The molecule has 0 saturated heterocycles. The van der Waals surface area contributed by atoms with Gasteiger partial charge in [-0.05, 0) is 23.3 Å². The molecule has 1 amide bonds. The Labute approximate surface area is 181 Å². The van der Waals surface area contributed by atoms with Gasteiger partial charge in [0.05, 0.1) is 11.1 Å². The lowest BCUT2D eigenvalue weighted by Gasteiger charge is -2.03. The van der Waals surface area contributed by atoms with Crippen molar-refractivity contribution in [3.05, 3.63) is 106 Å². The highest BCUT2D eigenvalue weighted by molar-refractivity contribution is 7.14. The smallest absolute Gasteiger partial charge is 0.293 e. The van der Waals surface area contributed by atoms with Gasteiger partial charge in [0.1, 0.15) is 5.58 Å². The number of anilines is 1. The summed E-state index contributed by atoms with van der Waals surface area (Å²) in [6.07, 6.45) is 0. The van der Waals surface area contributed by atoms with Crippen LogP contribution in [0, 0.1) is 0 Å². The molecule has 0 spiro atoms. The van der Waals surface area contributed by atoms with Gasteiger partial charge < -0.3 is 4.42 Å². The zero-order valence-corrected chi connectivity index (χ0v) is 17.1. The highest BCUT2D eigenvalue weighted by Gasteiger charge is 2.14. The van der Waals surface area contributed by atoms with Gasteiger partial charge in [-0.1, -0.05) is 66.7 Å². The molecule has 0 aliphatic heterocycles. The standard InChI is InChI=1S/C25H16N2O3S/c28-21-14-23(30-22-9-5-4-8-19(21)22)24(29)27-25-26-20(15-31-25)18-12-10-17(11-13-18)16-6-2-1-3-7-16/h1-15H,(H,26,27,29). The zero-order chi connectivity index (χ0) is 21.2. The third kappa shape index (κ3) is 3.89. The number of rotatable bonds is 4. The van der Waals surface area contributed by atoms with Gasteiger partial charge in [0.25, 0.3) is 5.91 Å². The number of para-hydroxylation sites is 1. The number of benzene rings is 3. The first-order valence-corrected chi connectivity index (χ1v) is 10.5. The van der Waals surface area contributed by atoms with Gasteiger partial charge in [-0.2, -0.15) is 0 Å². The molecule has 0 saturated carbocycles. The van der Waals surface area contributed by atoms with Crippen molar-refractivity contribution in [3.63, 3.8) is 0 Å². The Morgan fingerprint density at radius 1 is 0.839 bits per heavy atom. The van der Waals surface area contributed by atoms with Crippen LogP contribution in [0.5, 0.6) is 0 Å². The van der Waals surface area contributed by atoms with E-state index in [2.05, 4.69) is 22.4 Å². The molecule has 5 aromatic rings. The number of aromatic nitrogens is 1. The lowest BCUT2D eigenvalue weighted by Crippen LogP contribution is -2.14. The third-order valence-corrected chi connectivity index (χ3v) is 5.63. The first-order chi connectivity index (χ1) is 15.2. The number of thiazole rings is 1. The maximum Gasteiger partial charge on any atom is 0.293 e. The van der Waals surface area contributed by atoms with Crippen molar-refractivity contribution in [2.45, 2.75) is 0 Å². The molecule has 2 aromatic heterocycles. The van der Waals surface area contributed by atoms with E-state index in [0.29, 0.717) is 16.1 Å². The molecule has 0 aliphatic carbocycles. The second kappa shape index (κ2) is 8.01. The fourth-order valence-corrected chi connectivity index (χ4v) is 4.02. The van der Waals surface area contributed by atoms with Crippen LogP contribution in [0.4, 0.5) is 5.13 Å². The van der Waals surface area contributed by atoms with Gasteiger partial charge in [0.15, 0.2) is 16.3 Å². The van der Waals surface area contributed by atoms with Crippen LogP contribution in [0.2, 0.25) is 0 Å². The summed E-state index contributed by atoms with van der Waals surface area (Å²) < 4.78 is 5.59. The third-order valence-electron chi connectivity index (χ3n) is 4.87. The van der Waals surface area contributed by atoms with Crippen molar-refractivity contribution in [3.8, 4) is 22.4 Å². The van der Waals surface area contributed by atoms with E-state index in [1.165, 1.54) is 17.4 Å². The fourth-order valence-electron chi connectivity index (χ4n) is 3.30. The number of nitrogens with one attached hydrogen (secondary N) is 1. The topological polar surface area (TPSA) is 72.2 Å². The molecule has 5 nitrogen and oxygen atoms in total. The molecule has 6 heteroatoms. The highest BCUT2D eigenvalue weighted by Crippen LogP contribution is 2.28. The molecule has 5 rings (SSSR count). The van der Waals surface area contributed by atoms with E-state index < -0.39 is 5.91 Å². The number of nitrogens with zero attached hydrogens (tertiary/aromatic N) is 1. The minimum absolute atomic E-state index is 0.0485. The van der Waals surface area contributed by atoms with Crippen molar-refractivity contribution in [2.24, 2.45) is 0 Å². The minimum Gasteiger partial charge on any atom is -0.451 e. The Hall–Kier alpha value is -4.03. The van der Waals surface area contributed by atoms with Crippen LogP contribution in [-0.2, 0) is 0 Å². The quantitative estimate of drug-likeness (QED) is 0.394. The van der Waals surface area contributed by atoms with Crippen LogP contribution in [0.25, 0.3) is 33.4 Å². The van der Waals surface area contributed by atoms with Crippen LogP contribution in [-0.4, -0.2) is 10.9 Å². The second-order valence-corrected chi connectivity index (χ2v) is 7.76. The van der Waals surface area contributed by atoms with Crippen LogP contribution < -0.4 is 10.7 Å². The first-order valence-electron chi connectivity index (χ1n) is 9.63. The van der Waals surface area contributed by atoms with Crippen molar-refractivity contribution in [2.75, 3.05) is 5.32 Å². The normalized spacial score (nSPS) is 10.8. The lowest BCUT2D eigenvalue weighted by molar-refractivity contribution is 0.0997. The summed E-state index contributed by atoms with van der Waals surface area (Å²) in [6.45, 7) is 0. The summed E-state index contributed by atoms with van der Waals surface area (Å²) in [5.74, 6) is -0.559. The molecule has 0 aliphatic rings. The average Bonchev–Trinajstić information content (AvgIpc) is 3.28. The zero-order valence-electron chi connectivity index (χ0n) is 16.2. The van der Waals surface area contributed by atoms with E-state index in [9.17, 15) is 9.59 Å². The molecular formula is C25H16N2O3S. The van der Waals surface area contributed by atoms with Gasteiger partial charge in [0.2, 0.25) is 0 Å². The van der Waals surface area contributed by atoms with Crippen molar-refractivity contribution in [1.82, 2.24) is 4.98 Å². The number of hydrogen-bond acceptors (Lipinski definition) is 5.